The molecule has 6 heterocycles. The Balaban J connectivity index is 1.34. The third kappa shape index (κ3) is 3.38. The fourth-order valence-electron chi connectivity index (χ4n) is 4.14. The largest absolute Gasteiger partial charge is 0.335 e. The molecule has 0 aromatic carbocycles. The van der Waals surface area contributed by atoms with Gasteiger partial charge in [-0.1, -0.05) is 0 Å². The second kappa shape index (κ2) is 7.13. The SMILES string of the molecule is FC1(F)CCN(Cc2cncc(-c3cc4c(-c5nc6ccncc6[nH]5)n[nH]c4cn3)c2)C1. The molecule has 0 unspecified atom stereocenters. The first-order valence-electron chi connectivity index (χ1n) is 10.2. The number of alkyl halides is 2. The molecule has 0 radical (unpaired) electrons. The third-order valence-corrected chi connectivity index (χ3v) is 5.70. The van der Waals surface area contributed by atoms with Gasteiger partial charge in [0.15, 0.2) is 5.82 Å². The first kappa shape index (κ1) is 18.9. The average molecular weight is 432 g/mol. The molecule has 32 heavy (non-hydrogen) atoms. The Hall–Kier alpha value is -3.79. The lowest BCUT2D eigenvalue weighted by molar-refractivity contribution is 0.0115. The fraction of sp³-hybridized carbons (Fsp3) is 0.227. The van der Waals surface area contributed by atoms with E-state index in [0.29, 0.717) is 24.6 Å². The summed E-state index contributed by atoms with van der Waals surface area (Å²) in [6, 6.07) is 5.72. The number of rotatable bonds is 4. The van der Waals surface area contributed by atoms with Crippen LogP contribution in [0.1, 0.15) is 12.0 Å². The van der Waals surface area contributed by atoms with Crippen molar-refractivity contribution < 1.29 is 8.78 Å². The molecule has 0 spiro atoms. The molecule has 0 atom stereocenters. The molecule has 0 amide bonds. The molecular weight excluding hydrogens is 414 g/mol. The monoisotopic (exact) mass is 432 g/mol. The highest BCUT2D eigenvalue weighted by Crippen LogP contribution is 2.30. The van der Waals surface area contributed by atoms with Crippen molar-refractivity contribution in [3.63, 3.8) is 0 Å². The van der Waals surface area contributed by atoms with E-state index in [2.05, 4.69) is 35.1 Å². The van der Waals surface area contributed by atoms with E-state index in [1.807, 2.05) is 18.2 Å². The van der Waals surface area contributed by atoms with Gasteiger partial charge in [0.25, 0.3) is 5.92 Å². The summed E-state index contributed by atoms with van der Waals surface area (Å²) >= 11 is 0. The number of nitrogens with zero attached hydrogens (tertiary/aromatic N) is 6. The van der Waals surface area contributed by atoms with E-state index < -0.39 is 5.92 Å². The normalized spacial score (nSPS) is 16.3. The highest BCUT2D eigenvalue weighted by molar-refractivity contribution is 5.94. The summed E-state index contributed by atoms with van der Waals surface area (Å²) in [5, 5.41) is 8.29. The lowest BCUT2D eigenvalue weighted by atomic mass is 10.1. The fourth-order valence-corrected chi connectivity index (χ4v) is 4.14. The van der Waals surface area contributed by atoms with E-state index in [1.54, 1.807) is 35.9 Å². The van der Waals surface area contributed by atoms with E-state index >= 15 is 0 Å². The number of halogens is 2. The standard InChI is InChI=1S/C22H18F2N8/c23-22(24)2-4-32(12-22)11-13-5-14(8-26-7-13)17-6-15-18(10-27-17)30-31-20(15)21-28-16-1-3-25-9-19(16)29-21/h1,3,5-10H,2,4,11-12H2,(H,28,29)(H,30,31). The van der Waals surface area contributed by atoms with Gasteiger partial charge >= 0.3 is 0 Å². The number of imidazole rings is 1. The van der Waals surface area contributed by atoms with Crippen LogP contribution in [0.4, 0.5) is 8.78 Å². The number of hydrogen-bond donors (Lipinski definition) is 2. The second-order valence-electron chi connectivity index (χ2n) is 8.06. The van der Waals surface area contributed by atoms with Gasteiger partial charge in [0, 0.05) is 49.1 Å². The highest BCUT2D eigenvalue weighted by atomic mass is 19.3. The van der Waals surface area contributed by atoms with Crippen LogP contribution in [-0.2, 0) is 6.54 Å². The summed E-state index contributed by atoms with van der Waals surface area (Å²) in [5.74, 6) is -1.97. The number of hydrogen-bond acceptors (Lipinski definition) is 6. The highest BCUT2D eigenvalue weighted by Gasteiger charge is 2.37. The predicted octanol–water partition coefficient (Wildman–Crippen LogP) is 3.80. The predicted molar refractivity (Wildman–Crippen MR) is 115 cm³/mol. The molecule has 160 valence electrons. The van der Waals surface area contributed by atoms with Crippen molar-refractivity contribution in [2.75, 3.05) is 13.1 Å². The molecule has 0 saturated carbocycles. The molecular formula is C22H18F2N8. The zero-order valence-electron chi connectivity index (χ0n) is 16.9. The van der Waals surface area contributed by atoms with Crippen molar-refractivity contribution in [1.29, 1.82) is 0 Å². The average Bonchev–Trinajstić information content (AvgIpc) is 3.49. The summed E-state index contributed by atoms with van der Waals surface area (Å²) in [5.41, 5.74) is 5.52. The molecule has 1 aliphatic heterocycles. The molecule has 2 N–H and O–H groups in total. The van der Waals surface area contributed by atoms with Crippen molar-refractivity contribution in [2.24, 2.45) is 0 Å². The number of nitrogens with one attached hydrogen (secondary N) is 2. The van der Waals surface area contributed by atoms with E-state index in [9.17, 15) is 8.78 Å². The Morgan fingerprint density at radius 1 is 1.06 bits per heavy atom. The number of aromatic nitrogens is 7. The molecule has 1 saturated heterocycles. The second-order valence-corrected chi connectivity index (χ2v) is 8.06. The Morgan fingerprint density at radius 3 is 2.84 bits per heavy atom. The molecule has 8 nitrogen and oxygen atoms in total. The summed E-state index contributed by atoms with van der Waals surface area (Å²) in [7, 11) is 0. The minimum absolute atomic E-state index is 0.0978. The smallest absolute Gasteiger partial charge is 0.261 e. The van der Waals surface area contributed by atoms with Crippen molar-refractivity contribution >= 4 is 21.9 Å². The van der Waals surface area contributed by atoms with Gasteiger partial charge < -0.3 is 4.98 Å². The molecule has 10 heteroatoms. The van der Waals surface area contributed by atoms with Crippen LogP contribution in [0.15, 0.2) is 49.2 Å². The van der Waals surface area contributed by atoms with E-state index in [1.165, 1.54) is 0 Å². The first-order chi connectivity index (χ1) is 15.5. The first-order valence-corrected chi connectivity index (χ1v) is 10.2. The van der Waals surface area contributed by atoms with Gasteiger partial charge in [-0.15, -0.1) is 0 Å². The number of likely N-dealkylation sites (tertiary alicyclic amines) is 1. The van der Waals surface area contributed by atoms with Crippen LogP contribution >= 0.6 is 0 Å². The molecule has 5 aromatic heterocycles. The van der Waals surface area contributed by atoms with Crippen molar-refractivity contribution in [3.8, 4) is 22.8 Å². The quantitative estimate of drug-likeness (QED) is 0.448. The van der Waals surface area contributed by atoms with Crippen molar-refractivity contribution in [2.45, 2.75) is 18.9 Å². The van der Waals surface area contributed by atoms with Gasteiger partial charge in [0.05, 0.1) is 41.2 Å². The Kier molecular flexibility index (Phi) is 4.22. The van der Waals surface area contributed by atoms with Crippen LogP contribution < -0.4 is 0 Å². The number of aromatic amines is 2. The van der Waals surface area contributed by atoms with Gasteiger partial charge in [-0.25, -0.2) is 13.8 Å². The maximum atomic E-state index is 13.5. The van der Waals surface area contributed by atoms with Crippen molar-refractivity contribution in [1.82, 2.24) is 40.0 Å². The molecule has 5 aromatic rings. The Morgan fingerprint density at radius 2 is 2.00 bits per heavy atom. The zero-order valence-corrected chi connectivity index (χ0v) is 16.9. The minimum Gasteiger partial charge on any atom is -0.335 e. The summed E-state index contributed by atoms with van der Waals surface area (Å²) < 4.78 is 27.0. The summed E-state index contributed by atoms with van der Waals surface area (Å²) in [6.07, 6.45) is 8.48. The number of pyridine rings is 3. The Labute approximate surface area is 180 Å². The lowest BCUT2D eigenvalue weighted by Crippen LogP contribution is -2.24. The minimum atomic E-state index is -2.61. The van der Waals surface area contributed by atoms with Crippen LogP contribution in [0.5, 0.6) is 0 Å². The molecule has 6 rings (SSSR count). The topological polar surface area (TPSA) is 99.3 Å². The Bertz CT molecular complexity index is 1410. The van der Waals surface area contributed by atoms with Gasteiger partial charge in [-0.2, -0.15) is 5.10 Å². The molecule has 0 aliphatic carbocycles. The van der Waals surface area contributed by atoms with Gasteiger partial charge in [-0.05, 0) is 23.8 Å². The lowest BCUT2D eigenvalue weighted by Gasteiger charge is -2.15. The maximum absolute atomic E-state index is 13.5. The van der Waals surface area contributed by atoms with Crippen molar-refractivity contribution in [3.05, 3.63) is 54.7 Å². The van der Waals surface area contributed by atoms with E-state index in [-0.39, 0.29) is 13.0 Å². The summed E-state index contributed by atoms with van der Waals surface area (Å²) in [6.45, 7) is 0.600. The van der Waals surface area contributed by atoms with Gasteiger partial charge in [0.2, 0.25) is 0 Å². The van der Waals surface area contributed by atoms with Crippen LogP contribution in [0.3, 0.4) is 0 Å². The molecule has 1 aliphatic rings. The van der Waals surface area contributed by atoms with Crippen LogP contribution in [0, 0.1) is 0 Å². The summed E-state index contributed by atoms with van der Waals surface area (Å²) in [4.78, 5) is 22.6. The van der Waals surface area contributed by atoms with Gasteiger partial charge in [-0.3, -0.25) is 25.0 Å². The zero-order chi connectivity index (χ0) is 21.7. The third-order valence-electron chi connectivity index (χ3n) is 5.70. The van der Waals surface area contributed by atoms with Crippen LogP contribution in [-0.4, -0.2) is 59.0 Å². The maximum Gasteiger partial charge on any atom is 0.261 e. The van der Waals surface area contributed by atoms with E-state index in [4.69, 9.17) is 0 Å². The molecule has 0 bridgehead atoms. The number of H-pyrrole nitrogens is 2. The molecule has 1 fully saturated rings. The van der Waals surface area contributed by atoms with E-state index in [0.717, 1.165) is 38.8 Å². The van der Waals surface area contributed by atoms with Crippen LogP contribution in [0.25, 0.3) is 44.7 Å². The van der Waals surface area contributed by atoms with Gasteiger partial charge in [0.1, 0.15) is 5.69 Å². The van der Waals surface area contributed by atoms with Crippen LogP contribution in [0.2, 0.25) is 0 Å². The number of fused-ring (bicyclic) bond motifs is 2.